The molecule has 1 aliphatic heterocycles. The average molecular weight is 324 g/mol. The smallest absolute Gasteiger partial charge is 0.335 e. The van der Waals surface area contributed by atoms with Gasteiger partial charge >= 0.3 is 5.97 Å². The fourth-order valence-corrected chi connectivity index (χ4v) is 2.96. The van der Waals surface area contributed by atoms with E-state index >= 15 is 0 Å². The number of aromatic carboxylic acids is 1. The van der Waals surface area contributed by atoms with E-state index in [0.29, 0.717) is 18.5 Å². The van der Waals surface area contributed by atoms with Gasteiger partial charge in [-0.3, -0.25) is 4.79 Å². The Bertz CT molecular complexity index is 801. The molecule has 5 nitrogen and oxygen atoms in total. The van der Waals surface area contributed by atoms with E-state index in [1.165, 1.54) is 0 Å². The maximum Gasteiger partial charge on any atom is 0.335 e. The molecule has 2 aromatic carbocycles. The van der Waals surface area contributed by atoms with E-state index in [9.17, 15) is 9.59 Å². The second-order valence-corrected chi connectivity index (χ2v) is 6.13. The quantitative estimate of drug-likeness (QED) is 0.887. The predicted octanol–water partition coefficient (Wildman–Crippen LogP) is 2.75. The first-order chi connectivity index (χ1) is 11.5. The van der Waals surface area contributed by atoms with E-state index in [2.05, 4.69) is 18.3 Å². The summed E-state index contributed by atoms with van der Waals surface area (Å²) in [6.07, 6.45) is 0.451. The molecule has 24 heavy (non-hydrogen) atoms. The van der Waals surface area contributed by atoms with Gasteiger partial charge in [0.25, 0.3) is 0 Å². The molecule has 2 N–H and O–H groups in total. The molecular formula is C19H20N2O3. The molecule has 1 amide bonds. The number of carboxylic acid groups (broad SMARTS) is 1. The van der Waals surface area contributed by atoms with Crippen LogP contribution in [0.5, 0.6) is 0 Å². The van der Waals surface area contributed by atoms with E-state index in [4.69, 9.17) is 5.11 Å². The van der Waals surface area contributed by atoms with Crippen molar-refractivity contribution in [3.05, 3.63) is 64.7 Å². The van der Waals surface area contributed by atoms with Crippen molar-refractivity contribution in [2.45, 2.75) is 25.9 Å². The number of rotatable bonds is 5. The van der Waals surface area contributed by atoms with Gasteiger partial charge in [-0.1, -0.05) is 24.3 Å². The maximum atomic E-state index is 11.8. The summed E-state index contributed by atoms with van der Waals surface area (Å²) in [4.78, 5) is 24.5. The Morgan fingerprint density at radius 3 is 2.83 bits per heavy atom. The molecule has 0 spiro atoms. The van der Waals surface area contributed by atoms with Gasteiger partial charge in [0.1, 0.15) is 0 Å². The Morgan fingerprint density at radius 2 is 2.08 bits per heavy atom. The van der Waals surface area contributed by atoms with E-state index in [1.54, 1.807) is 30.1 Å². The van der Waals surface area contributed by atoms with Crippen molar-refractivity contribution in [3.63, 3.8) is 0 Å². The molecule has 1 unspecified atom stereocenters. The lowest BCUT2D eigenvalue weighted by Crippen LogP contribution is -2.20. The minimum Gasteiger partial charge on any atom is -0.478 e. The van der Waals surface area contributed by atoms with Crippen LogP contribution in [0.3, 0.4) is 0 Å². The molecule has 0 saturated heterocycles. The lowest BCUT2D eigenvalue weighted by atomic mass is 10.0. The number of anilines is 1. The fraction of sp³-hybridized carbons (Fsp3) is 0.263. The lowest BCUT2D eigenvalue weighted by Gasteiger charge is -2.16. The van der Waals surface area contributed by atoms with Crippen LogP contribution in [0.1, 0.15) is 40.0 Å². The largest absolute Gasteiger partial charge is 0.478 e. The van der Waals surface area contributed by atoms with E-state index in [-0.39, 0.29) is 11.9 Å². The number of benzene rings is 2. The Balaban J connectivity index is 1.69. The molecule has 0 fully saturated rings. The SMILES string of the molecule is CC(NCc1cccc(C(=O)O)c1)c1ccc2c(c1)CC(=O)N2C. The number of nitrogens with one attached hydrogen (secondary N) is 1. The fourth-order valence-electron chi connectivity index (χ4n) is 2.96. The summed E-state index contributed by atoms with van der Waals surface area (Å²) in [6, 6.07) is 13.1. The van der Waals surface area contributed by atoms with Crippen molar-refractivity contribution in [1.29, 1.82) is 0 Å². The van der Waals surface area contributed by atoms with Crippen molar-refractivity contribution >= 4 is 17.6 Å². The van der Waals surface area contributed by atoms with Crippen molar-refractivity contribution in [3.8, 4) is 0 Å². The number of hydrogen-bond acceptors (Lipinski definition) is 3. The first-order valence-electron chi connectivity index (χ1n) is 7.90. The van der Waals surface area contributed by atoms with Crippen LogP contribution >= 0.6 is 0 Å². The van der Waals surface area contributed by atoms with Gasteiger partial charge in [-0.15, -0.1) is 0 Å². The first-order valence-corrected chi connectivity index (χ1v) is 7.90. The standard InChI is InChI=1S/C19H20N2O3/c1-12(20-11-13-4-3-5-15(8-13)19(23)24)14-6-7-17-16(9-14)10-18(22)21(17)2/h3-9,12,20H,10-11H2,1-2H3,(H,23,24). The molecule has 124 valence electrons. The molecule has 3 rings (SSSR count). The molecule has 1 atom stereocenters. The number of carboxylic acids is 1. The van der Waals surface area contributed by atoms with Crippen LogP contribution in [0.2, 0.25) is 0 Å². The molecule has 0 radical (unpaired) electrons. The highest BCUT2D eigenvalue weighted by Gasteiger charge is 2.24. The van der Waals surface area contributed by atoms with Crippen LogP contribution in [-0.2, 0) is 17.8 Å². The average Bonchev–Trinajstić information content (AvgIpc) is 2.86. The number of carbonyl (C=O) groups is 2. The molecule has 0 aromatic heterocycles. The number of hydrogen-bond donors (Lipinski definition) is 2. The van der Waals surface area contributed by atoms with Crippen LogP contribution in [-0.4, -0.2) is 24.0 Å². The summed E-state index contributed by atoms with van der Waals surface area (Å²) in [5.74, 6) is -0.800. The molecular weight excluding hydrogens is 304 g/mol. The van der Waals surface area contributed by atoms with Gasteiger partial charge in [0, 0.05) is 25.3 Å². The molecule has 2 aromatic rings. The van der Waals surface area contributed by atoms with Gasteiger partial charge in [-0.05, 0) is 41.8 Å². The number of amides is 1. The predicted molar refractivity (Wildman–Crippen MR) is 92.2 cm³/mol. The summed E-state index contributed by atoms with van der Waals surface area (Å²) >= 11 is 0. The Hall–Kier alpha value is -2.66. The highest BCUT2D eigenvalue weighted by Crippen LogP contribution is 2.30. The zero-order valence-corrected chi connectivity index (χ0v) is 13.7. The van der Waals surface area contributed by atoms with Crippen LogP contribution in [0.4, 0.5) is 5.69 Å². The summed E-state index contributed by atoms with van der Waals surface area (Å²) in [5, 5.41) is 12.4. The lowest BCUT2D eigenvalue weighted by molar-refractivity contribution is -0.117. The van der Waals surface area contributed by atoms with Crippen molar-refractivity contribution in [2.24, 2.45) is 0 Å². The number of carbonyl (C=O) groups excluding carboxylic acids is 1. The second-order valence-electron chi connectivity index (χ2n) is 6.13. The minimum absolute atomic E-state index is 0.102. The monoisotopic (exact) mass is 324 g/mol. The second kappa shape index (κ2) is 6.45. The maximum absolute atomic E-state index is 11.8. The van der Waals surface area contributed by atoms with Crippen LogP contribution in [0, 0.1) is 0 Å². The third-order valence-corrected chi connectivity index (χ3v) is 4.47. The third-order valence-electron chi connectivity index (χ3n) is 4.47. The molecule has 0 aliphatic carbocycles. The summed E-state index contributed by atoms with van der Waals surface area (Å²) in [7, 11) is 1.80. The molecule has 0 bridgehead atoms. The van der Waals surface area contributed by atoms with Crippen LogP contribution in [0.25, 0.3) is 0 Å². The summed E-state index contributed by atoms with van der Waals surface area (Å²) < 4.78 is 0. The zero-order valence-electron chi connectivity index (χ0n) is 13.7. The third kappa shape index (κ3) is 3.16. The van der Waals surface area contributed by atoms with Crippen molar-refractivity contribution in [2.75, 3.05) is 11.9 Å². The number of likely N-dealkylation sites (N-methyl/N-ethyl adjacent to an activating group) is 1. The topological polar surface area (TPSA) is 69.6 Å². The van der Waals surface area contributed by atoms with Gasteiger partial charge in [-0.25, -0.2) is 4.79 Å². The number of fused-ring (bicyclic) bond motifs is 1. The molecule has 1 heterocycles. The zero-order chi connectivity index (χ0) is 17.3. The van der Waals surface area contributed by atoms with Gasteiger partial charge in [0.05, 0.1) is 12.0 Å². The Kier molecular flexibility index (Phi) is 4.36. The van der Waals surface area contributed by atoms with Gasteiger partial charge in [0.15, 0.2) is 0 Å². The van der Waals surface area contributed by atoms with Gasteiger partial charge in [-0.2, -0.15) is 0 Å². The molecule has 1 aliphatic rings. The normalized spacial score (nSPS) is 14.6. The molecule has 5 heteroatoms. The highest BCUT2D eigenvalue weighted by molar-refractivity contribution is 6.00. The summed E-state index contributed by atoms with van der Waals surface area (Å²) in [5.41, 5.74) is 4.37. The van der Waals surface area contributed by atoms with E-state index in [1.807, 2.05) is 18.2 Å². The van der Waals surface area contributed by atoms with E-state index < -0.39 is 5.97 Å². The van der Waals surface area contributed by atoms with Gasteiger partial charge < -0.3 is 15.3 Å². The van der Waals surface area contributed by atoms with E-state index in [0.717, 1.165) is 22.4 Å². The summed E-state index contributed by atoms with van der Waals surface area (Å²) in [6.45, 7) is 2.64. The number of nitrogens with zero attached hydrogens (tertiary/aromatic N) is 1. The van der Waals surface area contributed by atoms with Crippen LogP contribution < -0.4 is 10.2 Å². The van der Waals surface area contributed by atoms with Crippen LogP contribution in [0.15, 0.2) is 42.5 Å². The first kappa shape index (κ1) is 16.2. The highest BCUT2D eigenvalue weighted by atomic mass is 16.4. The van der Waals surface area contributed by atoms with Crippen molar-refractivity contribution < 1.29 is 14.7 Å². The van der Waals surface area contributed by atoms with Gasteiger partial charge in [0.2, 0.25) is 5.91 Å². The minimum atomic E-state index is -0.919. The van der Waals surface area contributed by atoms with Crippen molar-refractivity contribution in [1.82, 2.24) is 5.32 Å². The Labute approximate surface area is 140 Å². The molecule has 0 saturated carbocycles. The Morgan fingerprint density at radius 1 is 1.29 bits per heavy atom.